The second-order valence-corrected chi connectivity index (χ2v) is 8.52. The number of nitrogens with one attached hydrogen (secondary N) is 1. The number of aromatic nitrogens is 3. The molecule has 3 rings (SSSR count). The number of carbonyl (C=O) groups excluding carboxylic acids is 2. The van der Waals surface area contributed by atoms with Crippen molar-refractivity contribution in [1.29, 1.82) is 0 Å². The van der Waals surface area contributed by atoms with E-state index >= 15 is 0 Å². The first-order valence-electron chi connectivity index (χ1n) is 9.60. The molecule has 0 saturated carbocycles. The summed E-state index contributed by atoms with van der Waals surface area (Å²) in [5.74, 6) is -0.719. The zero-order chi connectivity index (χ0) is 21.5. The molecule has 0 aliphatic heterocycles. The maximum absolute atomic E-state index is 13.2. The van der Waals surface area contributed by atoms with Crippen LogP contribution in [0.15, 0.2) is 6.07 Å². The molecule has 3 aromatic heterocycles. The minimum Gasteiger partial charge on any atom is -0.462 e. The first-order chi connectivity index (χ1) is 13.6. The number of amides is 1. The Morgan fingerprint density at radius 3 is 2.55 bits per heavy atom. The number of thiophene rings is 1. The Balaban J connectivity index is 2.09. The molecule has 0 aliphatic carbocycles. The van der Waals surface area contributed by atoms with Gasteiger partial charge in [0.15, 0.2) is 5.65 Å². The van der Waals surface area contributed by atoms with Crippen molar-refractivity contribution < 1.29 is 14.3 Å². The molecule has 1 amide bonds. The Morgan fingerprint density at radius 2 is 1.93 bits per heavy atom. The van der Waals surface area contributed by atoms with Gasteiger partial charge in [0.1, 0.15) is 5.00 Å². The lowest BCUT2D eigenvalue weighted by Gasteiger charge is -2.10. The van der Waals surface area contributed by atoms with Gasteiger partial charge in [0.2, 0.25) is 0 Å². The summed E-state index contributed by atoms with van der Waals surface area (Å²) in [6, 6.07) is 1.88. The average molecular weight is 415 g/mol. The summed E-state index contributed by atoms with van der Waals surface area (Å²) in [7, 11) is 0. The van der Waals surface area contributed by atoms with Crippen LogP contribution in [0, 0.1) is 27.7 Å². The first-order valence-corrected chi connectivity index (χ1v) is 10.4. The maximum Gasteiger partial charge on any atom is 0.341 e. The highest BCUT2D eigenvalue weighted by Gasteiger charge is 2.25. The zero-order valence-corrected chi connectivity index (χ0v) is 18.7. The number of aryl methyl sites for hydroxylation is 3. The minimum atomic E-state index is -0.426. The molecular formula is C21H26N4O3S. The topological polar surface area (TPSA) is 86.1 Å². The second kappa shape index (κ2) is 7.94. The molecule has 0 unspecified atom stereocenters. The molecule has 0 saturated heterocycles. The van der Waals surface area contributed by atoms with Crippen molar-refractivity contribution in [3.8, 4) is 0 Å². The summed E-state index contributed by atoms with van der Waals surface area (Å²) in [4.78, 5) is 31.2. The number of hydrogen-bond acceptors (Lipinski definition) is 6. The van der Waals surface area contributed by atoms with Gasteiger partial charge in [-0.05, 0) is 60.1 Å². The Hall–Kier alpha value is -2.74. The van der Waals surface area contributed by atoms with Crippen LogP contribution in [0.5, 0.6) is 0 Å². The van der Waals surface area contributed by atoms with Gasteiger partial charge in [-0.1, -0.05) is 0 Å². The molecule has 0 atom stereocenters. The van der Waals surface area contributed by atoms with Crippen LogP contribution in [-0.2, 0) is 4.74 Å². The standard InChI is InChI=1S/C21H26N4O3S/c1-8-28-21(27)16-12(5)14(7)29-20(16)23-19(26)15-9-11(4)22-18-17(15)13(6)24-25(18)10(2)3/h9-10H,8H2,1-7H3,(H,23,26). The molecule has 0 spiro atoms. The summed E-state index contributed by atoms with van der Waals surface area (Å²) in [5.41, 5.74) is 3.90. The van der Waals surface area contributed by atoms with E-state index in [1.807, 2.05) is 46.2 Å². The molecule has 1 N–H and O–H groups in total. The number of carbonyl (C=O) groups is 2. The van der Waals surface area contributed by atoms with Crippen molar-refractivity contribution in [1.82, 2.24) is 14.8 Å². The van der Waals surface area contributed by atoms with E-state index in [9.17, 15) is 9.59 Å². The highest BCUT2D eigenvalue weighted by atomic mass is 32.1. The highest BCUT2D eigenvalue weighted by molar-refractivity contribution is 7.16. The fourth-order valence-electron chi connectivity index (χ4n) is 3.31. The normalized spacial score (nSPS) is 11.3. The van der Waals surface area contributed by atoms with Crippen LogP contribution in [0.25, 0.3) is 11.0 Å². The van der Waals surface area contributed by atoms with Crippen LogP contribution in [-0.4, -0.2) is 33.2 Å². The molecule has 29 heavy (non-hydrogen) atoms. The van der Waals surface area contributed by atoms with Gasteiger partial charge in [0.05, 0.1) is 28.8 Å². The lowest BCUT2D eigenvalue weighted by molar-refractivity contribution is 0.0527. The third-order valence-corrected chi connectivity index (χ3v) is 5.91. The largest absolute Gasteiger partial charge is 0.462 e. The quantitative estimate of drug-likeness (QED) is 0.610. The molecule has 0 radical (unpaired) electrons. The van der Waals surface area contributed by atoms with Crippen molar-refractivity contribution in [3.05, 3.63) is 39.0 Å². The molecule has 3 heterocycles. The number of esters is 1. The van der Waals surface area contributed by atoms with Crippen LogP contribution in [0.1, 0.15) is 69.4 Å². The van der Waals surface area contributed by atoms with Gasteiger partial charge < -0.3 is 10.1 Å². The number of rotatable bonds is 5. The number of nitrogens with zero attached hydrogens (tertiary/aromatic N) is 3. The SMILES string of the molecule is CCOC(=O)c1c(NC(=O)c2cc(C)nc3c2c(C)nn3C(C)C)sc(C)c1C. The van der Waals surface area contributed by atoms with E-state index in [1.54, 1.807) is 13.0 Å². The van der Waals surface area contributed by atoms with Gasteiger partial charge in [-0.25, -0.2) is 14.5 Å². The van der Waals surface area contributed by atoms with E-state index < -0.39 is 5.97 Å². The summed E-state index contributed by atoms with van der Waals surface area (Å²) < 4.78 is 7.01. The van der Waals surface area contributed by atoms with Crippen LogP contribution in [0.2, 0.25) is 0 Å². The Bertz CT molecular complexity index is 1110. The van der Waals surface area contributed by atoms with Crippen molar-refractivity contribution in [2.75, 3.05) is 11.9 Å². The maximum atomic E-state index is 13.2. The number of ether oxygens (including phenoxy) is 1. The molecule has 154 valence electrons. The van der Waals surface area contributed by atoms with Crippen LogP contribution >= 0.6 is 11.3 Å². The number of fused-ring (bicyclic) bond motifs is 1. The van der Waals surface area contributed by atoms with E-state index in [2.05, 4.69) is 15.4 Å². The van der Waals surface area contributed by atoms with Gasteiger partial charge in [-0.3, -0.25) is 4.79 Å². The number of anilines is 1. The molecule has 7 nitrogen and oxygen atoms in total. The highest BCUT2D eigenvalue weighted by Crippen LogP contribution is 2.34. The van der Waals surface area contributed by atoms with Crippen molar-refractivity contribution in [2.45, 2.75) is 54.5 Å². The van der Waals surface area contributed by atoms with E-state index in [1.165, 1.54) is 11.3 Å². The van der Waals surface area contributed by atoms with E-state index in [4.69, 9.17) is 4.74 Å². The van der Waals surface area contributed by atoms with Crippen molar-refractivity contribution in [3.63, 3.8) is 0 Å². The molecule has 0 fully saturated rings. The van der Waals surface area contributed by atoms with Gasteiger partial charge in [-0.15, -0.1) is 11.3 Å². The fourth-order valence-corrected chi connectivity index (χ4v) is 4.36. The summed E-state index contributed by atoms with van der Waals surface area (Å²) >= 11 is 1.37. The third-order valence-electron chi connectivity index (χ3n) is 4.79. The minimum absolute atomic E-state index is 0.120. The zero-order valence-electron chi connectivity index (χ0n) is 17.8. The van der Waals surface area contributed by atoms with Gasteiger partial charge in [-0.2, -0.15) is 5.10 Å². The monoisotopic (exact) mass is 414 g/mol. The molecule has 0 bridgehead atoms. The predicted molar refractivity (Wildman–Crippen MR) is 115 cm³/mol. The fraction of sp³-hybridized carbons (Fsp3) is 0.429. The van der Waals surface area contributed by atoms with Gasteiger partial charge in [0, 0.05) is 16.6 Å². The Morgan fingerprint density at radius 1 is 1.24 bits per heavy atom. The molecule has 8 heteroatoms. The van der Waals surface area contributed by atoms with E-state index in [0.29, 0.717) is 21.8 Å². The summed E-state index contributed by atoms with van der Waals surface area (Å²) in [6.45, 7) is 13.6. The third kappa shape index (κ3) is 3.76. The predicted octanol–water partition coefficient (Wildman–Crippen LogP) is 4.74. The Kier molecular flexibility index (Phi) is 5.75. The molecule has 0 aliphatic rings. The lowest BCUT2D eigenvalue weighted by Crippen LogP contribution is -2.16. The number of hydrogen-bond donors (Lipinski definition) is 1. The molecular weight excluding hydrogens is 388 g/mol. The van der Waals surface area contributed by atoms with Crippen LogP contribution < -0.4 is 5.32 Å². The van der Waals surface area contributed by atoms with E-state index in [-0.39, 0.29) is 18.6 Å². The summed E-state index contributed by atoms with van der Waals surface area (Å²) in [5, 5.41) is 8.72. The van der Waals surface area contributed by atoms with Gasteiger partial charge in [0.25, 0.3) is 5.91 Å². The first kappa shape index (κ1) is 21.0. The average Bonchev–Trinajstić information content (AvgIpc) is 3.11. The van der Waals surface area contributed by atoms with Crippen LogP contribution in [0.3, 0.4) is 0 Å². The van der Waals surface area contributed by atoms with Crippen molar-refractivity contribution >= 4 is 39.2 Å². The number of pyridine rings is 1. The van der Waals surface area contributed by atoms with Crippen LogP contribution in [0.4, 0.5) is 5.00 Å². The second-order valence-electron chi connectivity index (χ2n) is 7.30. The lowest BCUT2D eigenvalue weighted by atomic mass is 10.1. The Labute approximate surface area is 174 Å². The summed E-state index contributed by atoms with van der Waals surface area (Å²) in [6.07, 6.45) is 0. The van der Waals surface area contributed by atoms with Gasteiger partial charge >= 0.3 is 5.97 Å². The molecule has 3 aromatic rings. The van der Waals surface area contributed by atoms with E-state index in [0.717, 1.165) is 27.2 Å². The van der Waals surface area contributed by atoms with Crippen molar-refractivity contribution in [2.24, 2.45) is 0 Å². The smallest absolute Gasteiger partial charge is 0.341 e. The molecule has 0 aromatic carbocycles.